The van der Waals surface area contributed by atoms with Crippen molar-refractivity contribution < 1.29 is 19.1 Å². The fourth-order valence-electron chi connectivity index (χ4n) is 1.69. The zero-order valence-electron chi connectivity index (χ0n) is 12.5. The Labute approximate surface area is 123 Å². The van der Waals surface area contributed by atoms with Crippen LogP contribution in [0.25, 0.3) is 0 Å². The Morgan fingerprint density at radius 3 is 2.52 bits per heavy atom. The Morgan fingerprint density at radius 2 is 1.95 bits per heavy atom. The van der Waals surface area contributed by atoms with E-state index in [9.17, 15) is 14.0 Å². The van der Waals surface area contributed by atoms with Crippen LogP contribution < -0.4 is 10.6 Å². The standard InChI is InChI=1S/C15H21FN2O3/c1-10-4-5-12(11(16)8-10)18-14(21)13(20)17-9-15(2,3)6-7-19/h4-5,8,19H,6-7,9H2,1-3H3,(H,17,20)(H,18,21). The summed E-state index contributed by atoms with van der Waals surface area (Å²) in [6.45, 7) is 5.70. The molecule has 21 heavy (non-hydrogen) atoms. The first-order valence-electron chi connectivity index (χ1n) is 6.71. The van der Waals surface area contributed by atoms with Crippen LogP contribution in [0.3, 0.4) is 0 Å². The summed E-state index contributed by atoms with van der Waals surface area (Å²) in [5, 5.41) is 13.6. The summed E-state index contributed by atoms with van der Waals surface area (Å²) >= 11 is 0. The second kappa shape index (κ2) is 7.17. The third-order valence-electron chi connectivity index (χ3n) is 3.10. The number of nitrogens with one attached hydrogen (secondary N) is 2. The first-order valence-corrected chi connectivity index (χ1v) is 6.71. The number of rotatable bonds is 5. The van der Waals surface area contributed by atoms with Crippen molar-refractivity contribution >= 4 is 17.5 Å². The number of aliphatic hydroxyl groups excluding tert-OH is 1. The molecule has 3 N–H and O–H groups in total. The molecule has 0 aliphatic carbocycles. The molecular weight excluding hydrogens is 275 g/mol. The number of benzene rings is 1. The van der Waals surface area contributed by atoms with Gasteiger partial charge < -0.3 is 15.7 Å². The van der Waals surface area contributed by atoms with Gasteiger partial charge in [-0.1, -0.05) is 19.9 Å². The third kappa shape index (κ3) is 5.51. The number of aliphatic hydroxyl groups is 1. The van der Waals surface area contributed by atoms with Crippen molar-refractivity contribution in [3.05, 3.63) is 29.6 Å². The molecule has 0 bridgehead atoms. The molecule has 0 heterocycles. The van der Waals surface area contributed by atoms with E-state index >= 15 is 0 Å². The highest BCUT2D eigenvalue weighted by Crippen LogP contribution is 2.18. The van der Waals surface area contributed by atoms with Crippen molar-refractivity contribution in [2.45, 2.75) is 27.2 Å². The van der Waals surface area contributed by atoms with E-state index in [0.29, 0.717) is 6.42 Å². The number of carbonyl (C=O) groups excluding carboxylic acids is 2. The fraction of sp³-hybridized carbons (Fsp3) is 0.467. The number of hydrogen-bond acceptors (Lipinski definition) is 3. The molecule has 0 fully saturated rings. The van der Waals surface area contributed by atoms with Crippen LogP contribution in [0.4, 0.5) is 10.1 Å². The fourth-order valence-corrected chi connectivity index (χ4v) is 1.69. The molecule has 0 aliphatic heterocycles. The predicted octanol–water partition coefficient (Wildman–Crippen LogP) is 1.60. The van der Waals surface area contributed by atoms with Gasteiger partial charge in [-0.05, 0) is 36.5 Å². The minimum Gasteiger partial charge on any atom is -0.396 e. The highest BCUT2D eigenvalue weighted by Gasteiger charge is 2.21. The topological polar surface area (TPSA) is 78.4 Å². The zero-order valence-corrected chi connectivity index (χ0v) is 12.5. The molecule has 0 aliphatic rings. The smallest absolute Gasteiger partial charge is 0.313 e. The van der Waals surface area contributed by atoms with Gasteiger partial charge in [0.05, 0.1) is 5.69 Å². The minimum absolute atomic E-state index is 0.00362. The Kier molecular flexibility index (Phi) is 5.84. The highest BCUT2D eigenvalue weighted by atomic mass is 19.1. The first kappa shape index (κ1) is 17.1. The molecule has 1 aromatic carbocycles. The van der Waals surface area contributed by atoms with Gasteiger partial charge in [0, 0.05) is 13.2 Å². The second-order valence-electron chi connectivity index (χ2n) is 5.76. The van der Waals surface area contributed by atoms with E-state index in [-0.39, 0.29) is 24.3 Å². The maximum absolute atomic E-state index is 13.6. The van der Waals surface area contributed by atoms with Crippen LogP contribution in [0.1, 0.15) is 25.8 Å². The van der Waals surface area contributed by atoms with Gasteiger partial charge in [-0.25, -0.2) is 4.39 Å². The summed E-state index contributed by atoms with van der Waals surface area (Å²) in [4.78, 5) is 23.4. The van der Waals surface area contributed by atoms with E-state index in [0.717, 1.165) is 5.56 Å². The lowest BCUT2D eigenvalue weighted by molar-refractivity contribution is -0.136. The van der Waals surface area contributed by atoms with Gasteiger partial charge >= 0.3 is 11.8 Å². The summed E-state index contributed by atoms with van der Waals surface area (Å²) in [6.07, 6.45) is 0.501. The summed E-state index contributed by atoms with van der Waals surface area (Å²) in [7, 11) is 0. The first-order chi connectivity index (χ1) is 9.75. The van der Waals surface area contributed by atoms with E-state index in [4.69, 9.17) is 5.11 Å². The Balaban J connectivity index is 2.57. The Bertz CT molecular complexity index is 530. The van der Waals surface area contributed by atoms with E-state index in [1.54, 1.807) is 13.0 Å². The monoisotopic (exact) mass is 296 g/mol. The van der Waals surface area contributed by atoms with Gasteiger partial charge in [0.25, 0.3) is 0 Å². The number of anilines is 1. The van der Waals surface area contributed by atoms with Crippen molar-refractivity contribution in [2.75, 3.05) is 18.5 Å². The van der Waals surface area contributed by atoms with Gasteiger partial charge in [0.2, 0.25) is 0 Å². The van der Waals surface area contributed by atoms with Crippen LogP contribution in [0, 0.1) is 18.2 Å². The number of aryl methyl sites for hydroxylation is 1. The molecule has 6 heteroatoms. The van der Waals surface area contributed by atoms with Gasteiger partial charge in [-0.3, -0.25) is 9.59 Å². The Hall–Kier alpha value is -1.95. The maximum Gasteiger partial charge on any atom is 0.313 e. The van der Waals surface area contributed by atoms with Crippen molar-refractivity contribution in [2.24, 2.45) is 5.41 Å². The summed E-state index contributed by atoms with van der Waals surface area (Å²) < 4.78 is 13.6. The number of hydrogen-bond donors (Lipinski definition) is 3. The molecule has 5 nitrogen and oxygen atoms in total. The third-order valence-corrected chi connectivity index (χ3v) is 3.10. The lowest BCUT2D eigenvalue weighted by atomic mass is 9.90. The lowest BCUT2D eigenvalue weighted by Crippen LogP contribution is -2.40. The second-order valence-corrected chi connectivity index (χ2v) is 5.76. The molecule has 0 radical (unpaired) electrons. The van der Waals surface area contributed by atoms with E-state index < -0.39 is 17.6 Å². The molecule has 1 aromatic rings. The predicted molar refractivity (Wildman–Crippen MR) is 78.3 cm³/mol. The summed E-state index contributed by atoms with van der Waals surface area (Å²) in [5.74, 6) is -2.34. The van der Waals surface area contributed by atoms with Crippen LogP contribution in [-0.2, 0) is 9.59 Å². The van der Waals surface area contributed by atoms with Crippen molar-refractivity contribution in [3.8, 4) is 0 Å². The molecule has 0 atom stereocenters. The molecule has 0 saturated heterocycles. The van der Waals surface area contributed by atoms with Crippen LogP contribution in [0.5, 0.6) is 0 Å². The van der Waals surface area contributed by atoms with Crippen molar-refractivity contribution in [1.82, 2.24) is 5.32 Å². The summed E-state index contributed by atoms with van der Waals surface area (Å²) in [6, 6.07) is 4.32. The SMILES string of the molecule is Cc1ccc(NC(=O)C(=O)NCC(C)(C)CCO)c(F)c1. The van der Waals surface area contributed by atoms with Crippen LogP contribution in [-0.4, -0.2) is 30.1 Å². The largest absolute Gasteiger partial charge is 0.396 e. The number of amides is 2. The molecule has 0 unspecified atom stereocenters. The maximum atomic E-state index is 13.6. The molecule has 116 valence electrons. The van der Waals surface area contributed by atoms with E-state index in [1.165, 1.54) is 12.1 Å². The van der Waals surface area contributed by atoms with Gasteiger partial charge in [-0.15, -0.1) is 0 Å². The molecular formula is C15H21FN2O3. The number of carbonyl (C=O) groups is 2. The highest BCUT2D eigenvalue weighted by molar-refractivity contribution is 6.39. The summed E-state index contributed by atoms with van der Waals surface area (Å²) in [5.41, 5.74) is 0.371. The zero-order chi connectivity index (χ0) is 16.0. The molecule has 2 amide bonds. The van der Waals surface area contributed by atoms with Gasteiger partial charge in [0.1, 0.15) is 5.82 Å². The molecule has 0 spiro atoms. The Morgan fingerprint density at radius 1 is 1.29 bits per heavy atom. The normalized spacial score (nSPS) is 11.1. The quantitative estimate of drug-likeness (QED) is 0.722. The number of halogens is 1. The van der Waals surface area contributed by atoms with Gasteiger partial charge in [-0.2, -0.15) is 0 Å². The van der Waals surface area contributed by atoms with Crippen molar-refractivity contribution in [1.29, 1.82) is 0 Å². The average Bonchev–Trinajstić information content (AvgIpc) is 2.39. The molecule has 1 rings (SSSR count). The van der Waals surface area contributed by atoms with Crippen LogP contribution in [0.15, 0.2) is 18.2 Å². The molecule has 0 saturated carbocycles. The van der Waals surface area contributed by atoms with Gasteiger partial charge in [0.15, 0.2) is 0 Å². The molecule has 0 aromatic heterocycles. The lowest BCUT2D eigenvalue weighted by Gasteiger charge is -2.23. The van der Waals surface area contributed by atoms with E-state index in [1.807, 2.05) is 13.8 Å². The van der Waals surface area contributed by atoms with Crippen LogP contribution >= 0.6 is 0 Å². The average molecular weight is 296 g/mol. The minimum atomic E-state index is -0.919. The van der Waals surface area contributed by atoms with Crippen molar-refractivity contribution in [3.63, 3.8) is 0 Å². The van der Waals surface area contributed by atoms with Crippen LogP contribution in [0.2, 0.25) is 0 Å². The van der Waals surface area contributed by atoms with E-state index in [2.05, 4.69) is 10.6 Å².